The Morgan fingerprint density at radius 1 is 1.09 bits per heavy atom. The van der Waals surface area contributed by atoms with Crippen LogP contribution in [0.15, 0.2) is 54.6 Å². The van der Waals surface area contributed by atoms with Crippen molar-refractivity contribution in [2.75, 3.05) is 0 Å². The summed E-state index contributed by atoms with van der Waals surface area (Å²) in [6.07, 6.45) is 0. The molecule has 22 heavy (non-hydrogen) atoms. The Morgan fingerprint density at radius 2 is 1.82 bits per heavy atom. The van der Waals surface area contributed by atoms with Crippen LogP contribution < -0.4 is 0 Å². The minimum Gasteiger partial charge on any atom is -0.477 e. The Balaban J connectivity index is 2.17. The number of carbonyl (C=O) groups is 1. The standard InChI is InChI=1S/C19H19NO2/c1-13(2)15-8-9-16-11-18(19(21)22)20(17(16)10-15)12-14-6-4-3-5-7-14/h3-11,13H,12H2,1-2H3,(H,21,22). The van der Waals surface area contributed by atoms with Crippen molar-refractivity contribution in [2.45, 2.75) is 26.3 Å². The molecular weight excluding hydrogens is 274 g/mol. The van der Waals surface area contributed by atoms with Crippen LogP contribution in [0.25, 0.3) is 10.9 Å². The zero-order chi connectivity index (χ0) is 15.7. The summed E-state index contributed by atoms with van der Waals surface area (Å²) in [5.74, 6) is -0.476. The smallest absolute Gasteiger partial charge is 0.352 e. The first kappa shape index (κ1) is 14.4. The molecule has 2 aromatic carbocycles. The maximum Gasteiger partial charge on any atom is 0.352 e. The van der Waals surface area contributed by atoms with Gasteiger partial charge in [0.25, 0.3) is 0 Å². The minimum absolute atomic E-state index is 0.333. The first-order chi connectivity index (χ1) is 10.6. The van der Waals surface area contributed by atoms with Gasteiger partial charge < -0.3 is 9.67 Å². The SMILES string of the molecule is CC(C)c1ccc2cc(C(=O)O)n(Cc3ccccc3)c2c1. The van der Waals surface area contributed by atoms with E-state index in [0.29, 0.717) is 18.2 Å². The second kappa shape index (κ2) is 5.68. The Bertz CT molecular complexity index is 816. The number of aromatic carboxylic acids is 1. The lowest BCUT2D eigenvalue weighted by molar-refractivity contribution is 0.0686. The zero-order valence-electron chi connectivity index (χ0n) is 12.8. The topological polar surface area (TPSA) is 42.2 Å². The van der Waals surface area contributed by atoms with Crippen molar-refractivity contribution in [1.29, 1.82) is 0 Å². The largest absolute Gasteiger partial charge is 0.477 e. The fourth-order valence-electron chi connectivity index (χ4n) is 2.74. The normalized spacial score (nSPS) is 11.2. The van der Waals surface area contributed by atoms with Crippen LogP contribution in [0.5, 0.6) is 0 Å². The van der Waals surface area contributed by atoms with Crippen LogP contribution in [0.1, 0.15) is 41.4 Å². The summed E-state index contributed by atoms with van der Waals surface area (Å²) in [4.78, 5) is 11.6. The van der Waals surface area contributed by atoms with Crippen LogP contribution in [0.4, 0.5) is 0 Å². The third-order valence-electron chi connectivity index (χ3n) is 4.00. The van der Waals surface area contributed by atoms with E-state index in [2.05, 4.69) is 26.0 Å². The quantitative estimate of drug-likeness (QED) is 0.769. The molecule has 1 aromatic heterocycles. The molecule has 0 aliphatic carbocycles. The van der Waals surface area contributed by atoms with Crippen molar-refractivity contribution in [1.82, 2.24) is 4.57 Å². The summed E-state index contributed by atoms with van der Waals surface area (Å²) in [5.41, 5.74) is 3.63. The lowest BCUT2D eigenvalue weighted by Gasteiger charge is -2.11. The number of benzene rings is 2. The molecule has 0 saturated carbocycles. The number of aromatic nitrogens is 1. The van der Waals surface area contributed by atoms with E-state index in [0.717, 1.165) is 16.5 Å². The van der Waals surface area contributed by atoms with E-state index < -0.39 is 5.97 Å². The third-order valence-corrected chi connectivity index (χ3v) is 4.00. The van der Waals surface area contributed by atoms with Gasteiger partial charge in [0.15, 0.2) is 0 Å². The molecule has 0 bridgehead atoms. The molecule has 3 heteroatoms. The Labute approximate surface area is 129 Å². The molecule has 0 radical (unpaired) electrons. The van der Waals surface area contributed by atoms with Gasteiger partial charge in [-0.3, -0.25) is 0 Å². The Hall–Kier alpha value is -2.55. The second-order valence-electron chi connectivity index (χ2n) is 5.88. The first-order valence-electron chi connectivity index (χ1n) is 7.46. The molecule has 0 saturated heterocycles. The van der Waals surface area contributed by atoms with Crippen molar-refractivity contribution in [3.05, 3.63) is 71.4 Å². The van der Waals surface area contributed by atoms with E-state index in [1.807, 2.05) is 41.0 Å². The second-order valence-corrected chi connectivity index (χ2v) is 5.88. The lowest BCUT2D eigenvalue weighted by Crippen LogP contribution is -2.09. The van der Waals surface area contributed by atoms with Gasteiger partial charge in [-0.15, -0.1) is 0 Å². The number of carboxylic acids is 1. The summed E-state index contributed by atoms with van der Waals surface area (Å²) in [6, 6.07) is 17.9. The van der Waals surface area contributed by atoms with E-state index in [4.69, 9.17) is 0 Å². The predicted octanol–water partition coefficient (Wildman–Crippen LogP) is 4.51. The molecule has 0 aliphatic rings. The van der Waals surface area contributed by atoms with Crippen molar-refractivity contribution in [3.8, 4) is 0 Å². The van der Waals surface area contributed by atoms with Crippen molar-refractivity contribution in [3.63, 3.8) is 0 Å². The van der Waals surface area contributed by atoms with Gasteiger partial charge in [0.1, 0.15) is 5.69 Å². The van der Waals surface area contributed by atoms with Crippen LogP contribution in [0, 0.1) is 0 Å². The minimum atomic E-state index is -0.891. The van der Waals surface area contributed by atoms with Crippen molar-refractivity contribution in [2.24, 2.45) is 0 Å². The fraction of sp³-hybridized carbons (Fsp3) is 0.211. The van der Waals surface area contributed by atoms with E-state index in [1.54, 1.807) is 6.07 Å². The number of carboxylic acid groups (broad SMARTS) is 1. The molecule has 0 aliphatic heterocycles. The summed E-state index contributed by atoms with van der Waals surface area (Å²) in [6.45, 7) is 4.85. The van der Waals surface area contributed by atoms with Gasteiger partial charge in [0, 0.05) is 17.4 Å². The number of nitrogens with zero attached hydrogens (tertiary/aromatic N) is 1. The van der Waals surface area contributed by atoms with Crippen LogP contribution in [-0.2, 0) is 6.54 Å². The van der Waals surface area contributed by atoms with Crippen LogP contribution in [0.3, 0.4) is 0 Å². The molecule has 1 heterocycles. The molecule has 3 aromatic rings. The highest BCUT2D eigenvalue weighted by Gasteiger charge is 2.15. The zero-order valence-corrected chi connectivity index (χ0v) is 12.8. The first-order valence-corrected chi connectivity index (χ1v) is 7.46. The Kier molecular flexibility index (Phi) is 3.72. The van der Waals surface area contributed by atoms with Gasteiger partial charge in [-0.05, 0) is 29.2 Å². The Morgan fingerprint density at radius 3 is 2.45 bits per heavy atom. The molecular formula is C19H19NO2. The maximum absolute atomic E-state index is 11.6. The van der Waals surface area contributed by atoms with Gasteiger partial charge in [-0.1, -0.05) is 56.3 Å². The van der Waals surface area contributed by atoms with Crippen LogP contribution in [0.2, 0.25) is 0 Å². The summed E-state index contributed by atoms with van der Waals surface area (Å²) in [5, 5.41) is 10.5. The number of rotatable bonds is 4. The van der Waals surface area contributed by atoms with E-state index in [1.165, 1.54) is 5.56 Å². The predicted molar refractivity (Wildman–Crippen MR) is 88.5 cm³/mol. The van der Waals surface area contributed by atoms with Crippen molar-refractivity contribution < 1.29 is 9.90 Å². The molecule has 0 amide bonds. The average molecular weight is 293 g/mol. The molecule has 0 fully saturated rings. The summed E-state index contributed by atoms with van der Waals surface area (Å²) < 4.78 is 1.89. The molecule has 1 N–H and O–H groups in total. The summed E-state index contributed by atoms with van der Waals surface area (Å²) in [7, 11) is 0. The fourth-order valence-corrected chi connectivity index (χ4v) is 2.74. The van der Waals surface area contributed by atoms with E-state index >= 15 is 0 Å². The highest BCUT2D eigenvalue weighted by Crippen LogP contribution is 2.26. The highest BCUT2D eigenvalue weighted by molar-refractivity contribution is 5.95. The van der Waals surface area contributed by atoms with E-state index in [9.17, 15) is 9.90 Å². The van der Waals surface area contributed by atoms with Crippen LogP contribution in [-0.4, -0.2) is 15.6 Å². The maximum atomic E-state index is 11.6. The number of hydrogen-bond acceptors (Lipinski definition) is 1. The molecule has 3 nitrogen and oxygen atoms in total. The van der Waals surface area contributed by atoms with E-state index in [-0.39, 0.29) is 0 Å². The molecule has 0 unspecified atom stereocenters. The monoisotopic (exact) mass is 293 g/mol. The molecule has 0 spiro atoms. The van der Waals surface area contributed by atoms with Gasteiger partial charge in [-0.2, -0.15) is 0 Å². The number of hydrogen-bond donors (Lipinski definition) is 1. The molecule has 0 atom stereocenters. The van der Waals surface area contributed by atoms with Crippen molar-refractivity contribution >= 4 is 16.9 Å². The number of fused-ring (bicyclic) bond motifs is 1. The molecule has 112 valence electrons. The van der Waals surface area contributed by atoms with Gasteiger partial charge in [-0.25, -0.2) is 4.79 Å². The van der Waals surface area contributed by atoms with Crippen LogP contribution >= 0.6 is 0 Å². The third kappa shape index (κ3) is 2.62. The van der Waals surface area contributed by atoms with Gasteiger partial charge in [0.2, 0.25) is 0 Å². The van der Waals surface area contributed by atoms with Gasteiger partial charge in [0.05, 0.1) is 0 Å². The van der Waals surface area contributed by atoms with Gasteiger partial charge >= 0.3 is 5.97 Å². The lowest BCUT2D eigenvalue weighted by atomic mass is 10.0. The average Bonchev–Trinajstić information content (AvgIpc) is 2.86. The molecule has 3 rings (SSSR count). The summed E-state index contributed by atoms with van der Waals surface area (Å²) >= 11 is 0. The highest BCUT2D eigenvalue weighted by atomic mass is 16.4.